The van der Waals surface area contributed by atoms with Crippen LogP contribution in [0.5, 0.6) is 0 Å². The highest BCUT2D eigenvalue weighted by molar-refractivity contribution is 6.07. The lowest BCUT2D eigenvalue weighted by Gasteiger charge is -2.07. The first-order chi connectivity index (χ1) is 13.0. The van der Waals surface area contributed by atoms with E-state index in [9.17, 15) is 9.59 Å². The number of aryl methyl sites for hydroxylation is 2. The molecular weight excluding hydrogens is 344 g/mol. The number of carbonyl (C=O) groups excluding carboxylic acids is 2. The molecule has 3 aromatic rings. The molecule has 0 aliphatic carbocycles. The molecule has 0 radical (unpaired) electrons. The van der Waals surface area contributed by atoms with Crippen LogP contribution in [0.15, 0.2) is 36.5 Å². The minimum absolute atomic E-state index is 0.280. The number of aromatic nitrogens is 4. The summed E-state index contributed by atoms with van der Waals surface area (Å²) in [6, 6.07) is 9.54. The number of nitrogens with zero attached hydrogens (tertiary/aromatic N) is 3. The van der Waals surface area contributed by atoms with E-state index in [2.05, 4.69) is 25.9 Å². The van der Waals surface area contributed by atoms with Gasteiger partial charge in [0.05, 0.1) is 17.6 Å². The fraction of sp³-hybridized carbons (Fsp3) is 0.263. The van der Waals surface area contributed by atoms with E-state index in [0.29, 0.717) is 29.3 Å². The van der Waals surface area contributed by atoms with Crippen molar-refractivity contribution in [2.75, 3.05) is 11.9 Å². The fourth-order valence-electron chi connectivity index (χ4n) is 2.62. The first kappa shape index (κ1) is 18.4. The van der Waals surface area contributed by atoms with Crippen LogP contribution in [-0.4, -0.2) is 38.3 Å². The Morgan fingerprint density at radius 3 is 2.63 bits per heavy atom. The topological polar surface area (TPSA) is 105 Å². The van der Waals surface area contributed by atoms with Gasteiger partial charge in [-0.3, -0.25) is 19.4 Å². The highest BCUT2D eigenvalue weighted by atomic mass is 16.2. The van der Waals surface area contributed by atoms with Gasteiger partial charge in [-0.05, 0) is 19.4 Å². The molecule has 140 valence electrons. The predicted molar refractivity (Wildman–Crippen MR) is 103 cm³/mol. The third kappa shape index (κ3) is 4.05. The second kappa shape index (κ2) is 7.86. The molecule has 27 heavy (non-hydrogen) atoms. The van der Waals surface area contributed by atoms with Crippen LogP contribution in [0.3, 0.4) is 0 Å². The van der Waals surface area contributed by atoms with Gasteiger partial charge in [-0.25, -0.2) is 0 Å². The van der Waals surface area contributed by atoms with Crippen molar-refractivity contribution in [3.63, 3.8) is 0 Å². The molecule has 0 aliphatic heterocycles. The molecule has 0 fully saturated rings. The van der Waals surface area contributed by atoms with Crippen LogP contribution < -0.4 is 10.6 Å². The molecule has 3 N–H and O–H groups in total. The number of carbonyl (C=O) groups is 2. The normalized spacial score (nSPS) is 10.6. The highest BCUT2D eigenvalue weighted by Crippen LogP contribution is 2.20. The summed E-state index contributed by atoms with van der Waals surface area (Å²) < 4.78 is 1.44. The molecule has 0 aliphatic rings. The van der Waals surface area contributed by atoms with Crippen molar-refractivity contribution in [2.45, 2.75) is 20.3 Å². The largest absolute Gasteiger partial charge is 0.351 e. The lowest BCUT2D eigenvalue weighted by atomic mass is 10.1. The van der Waals surface area contributed by atoms with Crippen molar-refractivity contribution >= 4 is 17.5 Å². The summed E-state index contributed by atoms with van der Waals surface area (Å²) in [5.41, 5.74) is 3.69. The molecule has 0 bridgehead atoms. The van der Waals surface area contributed by atoms with E-state index in [1.807, 2.05) is 38.1 Å². The zero-order valence-corrected chi connectivity index (χ0v) is 15.5. The van der Waals surface area contributed by atoms with Crippen LogP contribution in [-0.2, 0) is 7.05 Å². The van der Waals surface area contributed by atoms with Gasteiger partial charge in [0.15, 0.2) is 0 Å². The van der Waals surface area contributed by atoms with Crippen molar-refractivity contribution in [3.8, 4) is 11.3 Å². The van der Waals surface area contributed by atoms with Gasteiger partial charge in [0, 0.05) is 19.2 Å². The third-order valence-electron chi connectivity index (χ3n) is 4.11. The lowest BCUT2D eigenvalue weighted by Crippen LogP contribution is -2.27. The van der Waals surface area contributed by atoms with Gasteiger partial charge in [0.1, 0.15) is 11.4 Å². The summed E-state index contributed by atoms with van der Waals surface area (Å²) in [5.74, 6) is -0.671. The Kier molecular flexibility index (Phi) is 5.35. The molecule has 0 spiro atoms. The standard InChI is InChI=1S/C19H22N6O2/c1-4-9-20-19(27)17-16(11-21-25(17)3)22-18(26)15-10-14(23-24-15)13-7-5-12(2)6-8-13/h5-8,10-11H,4,9H2,1-3H3,(H,20,27)(H,22,26)(H,23,24). The molecular formula is C19H22N6O2. The van der Waals surface area contributed by atoms with Gasteiger partial charge in [0.2, 0.25) is 0 Å². The minimum Gasteiger partial charge on any atom is -0.351 e. The summed E-state index contributed by atoms with van der Waals surface area (Å²) in [6.07, 6.45) is 2.28. The first-order valence-electron chi connectivity index (χ1n) is 8.73. The van der Waals surface area contributed by atoms with Crippen molar-refractivity contribution in [1.82, 2.24) is 25.3 Å². The average molecular weight is 366 g/mol. The summed E-state index contributed by atoms with van der Waals surface area (Å²) in [5, 5.41) is 16.5. The maximum absolute atomic E-state index is 12.6. The first-order valence-corrected chi connectivity index (χ1v) is 8.73. The van der Waals surface area contributed by atoms with E-state index in [4.69, 9.17) is 0 Å². The van der Waals surface area contributed by atoms with E-state index in [0.717, 1.165) is 17.5 Å². The molecule has 3 rings (SSSR count). The number of amides is 2. The number of nitrogens with one attached hydrogen (secondary N) is 3. The maximum atomic E-state index is 12.6. The Bertz CT molecular complexity index is 955. The quantitative estimate of drug-likeness (QED) is 0.623. The zero-order chi connectivity index (χ0) is 19.4. The Labute approximate surface area is 157 Å². The van der Waals surface area contributed by atoms with Crippen LogP contribution in [0.25, 0.3) is 11.3 Å². The Morgan fingerprint density at radius 1 is 1.19 bits per heavy atom. The SMILES string of the molecule is CCCNC(=O)c1c(NC(=O)c2cc(-c3ccc(C)cc3)n[nH]2)cnn1C. The molecule has 2 heterocycles. The second-order valence-corrected chi connectivity index (χ2v) is 6.27. The van der Waals surface area contributed by atoms with Gasteiger partial charge in [-0.15, -0.1) is 0 Å². The Hall–Kier alpha value is -3.42. The predicted octanol–water partition coefficient (Wildman–Crippen LogP) is 2.51. The summed E-state index contributed by atoms with van der Waals surface area (Å²) in [6.45, 7) is 4.53. The lowest BCUT2D eigenvalue weighted by molar-refractivity contribution is 0.0945. The molecule has 0 atom stereocenters. The number of H-pyrrole nitrogens is 1. The molecule has 2 aromatic heterocycles. The molecule has 1 aromatic carbocycles. The number of rotatable bonds is 6. The maximum Gasteiger partial charge on any atom is 0.273 e. The van der Waals surface area contributed by atoms with Crippen molar-refractivity contribution in [3.05, 3.63) is 53.5 Å². The fourth-order valence-corrected chi connectivity index (χ4v) is 2.62. The van der Waals surface area contributed by atoms with Crippen LogP contribution in [0.1, 0.15) is 39.9 Å². The van der Waals surface area contributed by atoms with Crippen LogP contribution in [0.2, 0.25) is 0 Å². The molecule has 8 heteroatoms. The van der Waals surface area contributed by atoms with E-state index in [-0.39, 0.29) is 5.91 Å². The molecule has 0 saturated carbocycles. The van der Waals surface area contributed by atoms with Gasteiger partial charge in [-0.2, -0.15) is 10.2 Å². The minimum atomic E-state index is -0.390. The molecule has 0 unspecified atom stereocenters. The Morgan fingerprint density at radius 2 is 1.93 bits per heavy atom. The Balaban J connectivity index is 1.77. The van der Waals surface area contributed by atoms with Crippen LogP contribution in [0.4, 0.5) is 5.69 Å². The monoisotopic (exact) mass is 366 g/mol. The third-order valence-corrected chi connectivity index (χ3v) is 4.11. The van der Waals surface area contributed by atoms with Crippen molar-refractivity contribution < 1.29 is 9.59 Å². The van der Waals surface area contributed by atoms with Gasteiger partial charge < -0.3 is 10.6 Å². The number of benzene rings is 1. The van der Waals surface area contributed by atoms with Crippen LogP contribution >= 0.6 is 0 Å². The second-order valence-electron chi connectivity index (χ2n) is 6.27. The molecule has 8 nitrogen and oxygen atoms in total. The highest BCUT2D eigenvalue weighted by Gasteiger charge is 2.20. The number of hydrogen-bond acceptors (Lipinski definition) is 4. The number of hydrogen-bond donors (Lipinski definition) is 3. The zero-order valence-electron chi connectivity index (χ0n) is 15.5. The van der Waals surface area contributed by atoms with Crippen molar-refractivity contribution in [1.29, 1.82) is 0 Å². The number of aromatic amines is 1. The van der Waals surface area contributed by atoms with Gasteiger partial charge >= 0.3 is 0 Å². The van der Waals surface area contributed by atoms with E-state index in [1.165, 1.54) is 10.9 Å². The van der Waals surface area contributed by atoms with Crippen molar-refractivity contribution in [2.24, 2.45) is 7.05 Å². The van der Waals surface area contributed by atoms with E-state index < -0.39 is 5.91 Å². The average Bonchev–Trinajstić information content (AvgIpc) is 3.28. The van der Waals surface area contributed by atoms with Gasteiger partial charge in [-0.1, -0.05) is 36.8 Å². The van der Waals surface area contributed by atoms with Gasteiger partial charge in [0.25, 0.3) is 11.8 Å². The summed E-state index contributed by atoms with van der Waals surface area (Å²) >= 11 is 0. The van der Waals surface area contributed by atoms with E-state index in [1.54, 1.807) is 13.1 Å². The number of anilines is 1. The molecule has 0 saturated heterocycles. The summed E-state index contributed by atoms with van der Waals surface area (Å²) in [7, 11) is 1.65. The summed E-state index contributed by atoms with van der Waals surface area (Å²) in [4.78, 5) is 24.9. The van der Waals surface area contributed by atoms with E-state index >= 15 is 0 Å². The van der Waals surface area contributed by atoms with Crippen LogP contribution in [0, 0.1) is 6.92 Å². The smallest absolute Gasteiger partial charge is 0.273 e. The molecule has 2 amide bonds.